The molecule has 0 atom stereocenters. The number of halogens is 1. The van der Waals surface area contributed by atoms with Gasteiger partial charge < -0.3 is 10.2 Å². The van der Waals surface area contributed by atoms with Gasteiger partial charge in [-0.3, -0.25) is 0 Å². The molecule has 20 heavy (non-hydrogen) atoms. The fourth-order valence-electron chi connectivity index (χ4n) is 1.80. The minimum absolute atomic E-state index is 0.180. The Morgan fingerprint density at radius 2 is 1.85 bits per heavy atom. The number of anilines is 1. The van der Waals surface area contributed by atoms with Gasteiger partial charge in [-0.15, -0.1) is 0 Å². The van der Waals surface area contributed by atoms with E-state index in [0.717, 1.165) is 21.5 Å². The van der Waals surface area contributed by atoms with E-state index in [-0.39, 0.29) is 6.10 Å². The number of ether oxygens (including phenoxy) is 1. The molecule has 0 unspecified atom stereocenters. The predicted octanol–water partition coefficient (Wildman–Crippen LogP) is 4.35. The summed E-state index contributed by atoms with van der Waals surface area (Å²) in [4.78, 5) is 0. The largest absolute Gasteiger partial charge is 0.491 e. The molecule has 0 fully saturated rings. The molecule has 0 saturated heterocycles. The van der Waals surface area contributed by atoms with Crippen LogP contribution >= 0.6 is 15.9 Å². The highest BCUT2D eigenvalue weighted by atomic mass is 79.9. The molecule has 0 spiro atoms. The van der Waals surface area contributed by atoms with Crippen molar-refractivity contribution in [1.82, 2.24) is 5.43 Å². The second-order valence-corrected chi connectivity index (χ2v) is 5.62. The maximum Gasteiger partial charge on any atom is 0.120 e. The number of nitrogens with one attached hydrogen (secondary N) is 2. The van der Waals surface area contributed by atoms with Crippen molar-refractivity contribution in [3.63, 3.8) is 0 Å². The van der Waals surface area contributed by atoms with Gasteiger partial charge in [0.05, 0.1) is 6.10 Å². The monoisotopic (exact) mass is 334 g/mol. The molecular formula is C16H19BrN2O. The molecule has 4 heteroatoms. The van der Waals surface area contributed by atoms with Crippen LogP contribution in [0, 0.1) is 0 Å². The number of para-hydroxylation sites is 1. The lowest BCUT2D eigenvalue weighted by Crippen LogP contribution is -2.21. The Balaban J connectivity index is 1.94. The summed E-state index contributed by atoms with van der Waals surface area (Å²) in [6, 6.07) is 16.0. The van der Waals surface area contributed by atoms with Crippen molar-refractivity contribution in [2.75, 3.05) is 5.43 Å². The summed E-state index contributed by atoms with van der Waals surface area (Å²) in [6.45, 7) is 4.75. The lowest BCUT2D eigenvalue weighted by Gasteiger charge is -2.13. The summed E-state index contributed by atoms with van der Waals surface area (Å²) < 4.78 is 6.77. The first-order valence-corrected chi connectivity index (χ1v) is 7.43. The molecule has 2 aromatic rings. The van der Waals surface area contributed by atoms with Crippen molar-refractivity contribution < 1.29 is 4.74 Å². The lowest BCUT2D eigenvalue weighted by atomic mass is 10.2. The first-order valence-electron chi connectivity index (χ1n) is 6.64. The third kappa shape index (κ3) is 4.54. The maximum atomic E-state index is 5.71. The summed E-state index contributed by atoms with van der Waals surface area (Å²) in [7, 11) is 0. The van der Waals surface area contributed by atoms with Gasteiger partial charge in [-0.1, -0.05) is 34.1 Å². The van der Waals surface area contributed by atoms with E-state index in [1.54, 1.807) is 0 Å². The predicted molar refractivity (Wildman–Crippen MR) is 86.8 cm³/mol. The second kappa shape index (κ2) is 7.31. The average Bonchev–Trinajstić information content (AvgIpc) is 2.43. The molecule has 2 aromatic carbocycles. The maximum absolute atomic E-state index is 5.71. The van der Waals surface area contributed by atoms with Crippen LogP contribution in [0.2, 0.25) is 0 Å². The van der Waals surface area contributed by atoms with E-state index < -0.39 is 0 Å². The molecule has 3 nitrogen and oxygen atoms in total. The van der Waals surface area contributed by atoms with Gasteiger partial charge >= 0.3 is 0 Å². The Bertz CT molecular complexity index is 543. The molecule has 0 saturated carbocycles. The normalized spacial score (nSPS) is 10.6. The van der Waals surface area contributed by atoms with Gasteiger partial charge in [0.1, 0.15) is 5.75 Å². The molecule has 0 amide bonds. The second-order valence-electron chi connectivity index (χ2n) is 4.76. The van der Waals surface area contributed by atoms with Crippen molar-refractivity contribution in [2.24, 2.45) is 0 Å². The van der Waals surface area contributed by atoms with Crippen LogP contribution in [0.5, 0.6) is 5.75 Å². The molecule has 0 aliphatic heterocycles. The van der Waals surface area contributed by atoms with E-state index in [1.165, 1.54) is 0 Å². The summed E-state index contributed by atoms with van der Waals surface area (Å²) in [6.07, 6.45) is 0.180. The van der Waals surface area contributed by atoms with Crippen molar-refractivity contribution in [1.29, 1.82) is 0 Å². The highest BCUT2D eigenvalue weighted by Gasteiger charge is 2.04. The zero-order valence-corrected chi connectivity index (χ0v) is 13.3. The molecule has 2 N–H and O–H groups in total. The third-order valence-electron chi connectivity index (χ3n) is 2.67. The molecule has 0 aromatic heterocycles. The molecule has 0 heterocycles. The van der Waals surface area contributed by atoms with Crippen LogP contribution in [0.15, 0.2) is 53.0 Å². The van der Waals surface area contributed by atoms with Crippen LogP contribution in [-0.2, 0) is 6.54 Å². The van der Waals surface area contributed by atoms with Crippen molar-refractivity contribution in [3.05, 3.63) is 58.6 Å². The fourth-order valence-corrected chi connectivity index (χ4v) is 2.18. The number of hydrazine groups is 1. The van der Waals surface area contributed by atoms with Gasteiger partial charge in [0, 0.05) is 16.7 Å². The number of hydrogen-bond donors (Lipinski definition) is 2. The first kappa shape index (κ1) is 14.9. The first-order chi connectivity index (χ1) is 9.65. The average molecular weight is 335 g/mol. The highest BCUT2D eigenvalue weighted by Crippen LogP contribution is 2.23. The Labute approximate surface area is 128 Å². The zero-order chi connectivity index (χ0) is 14.4. The Morgan fingerprint density at radius 3 is 2.55 bits per heavy atom. The number of benzene rings is 2. The van der Waals surface area contributed by atoms with E-state index in [1.807, 2.05) is 62.4 Å². The molecule has 0 radical (unpaired) electrons. The van der Waals surface area contributed by atoms with Gasteiger partial charge in [-0.05, 0) is 49.7 Å². The topological polar surface area (TPSA) is 33.3 Å². The van der Waals surface area contributed by atoms with E-state index >= 15 is 0 Å². The van der Waals surface area contributed by atoms with E-state index in [4.69, 9.17) is 4.74 Å². The molecular weight excluding hydrogens is 316 g/mol. The summed E-state index contributed by atoms with van der Waals surface area (Å²) in [5.41, 5.74) is 8.56. The van der Waals surface area contributed by atoms with Crippen molar-refractivity contribution in [2.45, 2.75) is 26.5 Å². The Hall–Kier alpha value is -1.52. The van der Waals surface area contributed by atoms with E-state index in [2.05, 4.69) is 26.8 Å². The van der Waals surface area contributed by atoms with Gasteiger partial charge in [0.25, 0.3) is 0 Å². The van der Waals surface area contributed by atoms with Crippen molar-refractivity contribution in [3.8, 4) is 5.75 Å². The van der Waals surface area contributed by atoms with E-state index in [0.29, 0.717) is 6.54 Å². The SMILES string of the molecule is CC(C)Oc1ccc(Br)c(CNNc2ccccc2)c1. The van der Waals surface area contributed by atoms with Crippen LogP contribution < -0.4 is 15.6 Å². The minimum atomic E-state index is 0.180. The standard InChI is InChI=1S/C16H19BrN2O/c1-12(2)20-15-8-9-16(17)13(10-15)11-18-19-14-6-4-3-5-7-14/h3-10,12,18-19H,11H2,1-2H3. The minimum Gasteiger partial charge on any atom is -0.491 e. The number of rotatable bonds is 6. The molecule has 106 valence electrons. The van der Waals surface area contributed by atoms with Gasteiger partial charge in [-0.25, -0.2) is 5.43 Å². The molecule has 2 rings (SSSR count). The van der Waals surface area contributed by atoms with Crippen LogP contribution in [0.1, 0.15) is 19.4 Å². The van der Waals surface area contributed by atoms with Gasteiger partial charge in [0.2, 0.25) is 0 Å². The van der Waals surface area contributed by atoms with Crippen LogP contribution in [0.25, 0.3) is 0 Å². The Morgan fingerprint density at radius 1 is 1.10 bits per heavy atom. The smallest absolute Gasteiger partial charge is 0.120 e. The van der Waals surface area contributed by atoms with Gasteiger partial charge in [-0.2, -0.15) is 0 Å². The quantitative estimate of drug-likeness (QED) is 0.770. The zero-order valence-electron chi connectivity index (χ0n) is 11.7. The Kier molecular flexibility index (Phi) is 5.44. The third-order valence-corrected chi connectivity index (χ3v) is 3.45. The summed E-state index contributed by atoms with van der Waals surface area (Å²) in [5, 5.41) is 0. The van der Waals surface area contributed by atoms with Crippen LogP contribution in [0.4, 0.5) is 5.69 Å². The summed E-state index contributed by atoms with van der Waals surface area (Å²) >= 11 is 3.56. The highest BCUT2D eigenvalue weighted by molar-refractivity contribution is 9.10. The van der Waals surface area contributed by atoms with E-state index in [9.17, 15) is 0 Å². The number of hydrogen-bond acceptors (Lipinski definition) is 3. The molecule has 0 aliphatic carbocycles. The fraction of sp³-hybridized carbons (Fsp3) is 0.250. The lowest BCUT2D eigenvalue weighted by molar-refractivity contribution is 0.242. The van der Waals surface area contributed by atoms with Gasteiger partial charge in [0.15, 0.2) is 0 Å². The van der Waals surface area contributed by atoms with Crippen LogP contribution in [-0.4, -0.2) is 6.10 Å². The molecule has 0 aliphatic rings. The van der Waals surface area contributed by atoms with Crippen LogP contribution in [0.3, 0.4) is 0 Å². The molecule has 0 bridgehead atoms. The summed E-state index contributed by atoms with van der Waals surface area (Å²) in [5.74, 6) is 0.889. The van der Waals surface area contributed by atoms with Crippen molar-refractivity contribution >= 4 is 21.6 Å².